The van der Waals surface area contributed by atoms with E-state index in [1.54, 1.807) is 23.0 Å². The quantitative estimate of drug-likeness (QED) is 0.728. The maximum Gasteiger partial charge on any atom is 0.244 e. The molecular weight excluding hydrogens is 302 g/mol. The first-order chi connectivity index (χ1) is 10.5. The van der Waals surface area contributed by atoms with E-state index in [1.165, 1.54) is 6.07 Å². The number of aromatic nitrogens is 2. The molecule has 3 aromatic rings. The Bertz CT molecular complexity index is 858. The van der Waals surface area contributed by atoms with Crippen LogP contribution in [0.15, 0.2) is 42.7 Å². The number of phenolic OH excluding ortho intramolecular Hbond substituents is 1. The fourth-order valence-corrected chi connectivity index (χ4v) is 2.42. The number of phenols is 1. The largest absolute Gasteiger partial charge is 0.506 e. The van der Waals surface area contributed by atoms with E-state index in [1.807, 2.05) is 25.1 Å². The van der Waals surface area contributed by atoms with E-state index in [-0.39, 0.29) is 18.2 Å². The van der Waals surface area contributed by atoms with Gasteiger partial charge in [0.2, 0.25) is 5.91 Å². The summed E-state index contributed by atoms with van der Waals surface area (Å²) in [6.45, 7) is 2.11. The molecule has 0 saturated heterocycles. The van der Waals surface area contributed by atoms with Crippen molar-refractivity contribution in [1.29, 1.82) is 0 Å². The molecule has 0 saturated carbocycles. The van der Waals surface area contributed by atoms with Gasteiger partial charge >= 0.3 is 0 Å². The van der Waals surface area contributed by atoms with Gasteiger partial charge in [-0.2, -0.15) is 0 Å². The summed E-state index contributed by atoms with van der Waals surface area (Å²) in [6.07, 6.45) is 1.63. The summed E-state index contributed by atoms with van der Waals surface area (Å²) in [4.78, 5) is 16.4. The maximum absolute atomic E-state index is 12.1. The molecule has 5 nitrogen and oxygen atoms in total. The molecule has 0 bridgehead atoms. The molecule has 0 aliphatic rings. The Kier molecular flexibility index (Phi) is 3.73. The molecule has 0 spiro atoms. The molecule has 1 heterocycles. The van der Waals surface area contributed by atoms with E-state index in [0.717, 1.165) is 16.6 Å². The van der Waals surface area contributed by atoms with Crippen LogP contribution in [0.5, 0.6) is 5.75 Å². The number of carbonyl (C=O) groups excluding carboxylic acids is 1. The van der Waals surface area contributed by atoms with Gasteiger partial charge in [-0.15, -0.1) is 0 Å². The number of carbonyl (C=O) groups is 1. The highest BCUT2D eigenvalue weighted by molar-refractivity contribution is 6.30. The minimum atomic E-state index is -0.252. The van der Waals surface area contributed by atoms with Crippen LogP contribution in [0.4, 0.5) is 5.69 Å². The monoisotopic (exact) mass is 315 g/mol. The molecule has 0 atom stereocenters. The molecule has 2 N–H and O–H groups in total. The topological polar surface area (TPSA) is 67.2 Å². The van der Waals surface area contributed by atoms with E-state index in [9.17, 15) is 9.90 Å². The predicted octanol–water partition coefficient (Wildman–Crippen LogP) is 3.34. The van der Waals surface area contributed by atoms with E-state index >= 15 is 0 Å². The van der Waals surface area contributed by atoms with Crippen molar-refractivity contribution in [2.24, 2.45) is 0 Å². The molecule has 112 valence electrons. The second-order valence-electron chi connectivity index (χ2n) is 5.07. The van der Waals surface area contributed by atoms with Crippen molar-refractivity contribution in [3.63, 3.8) is 0 Å². The van der Waals surface area contributed by atoms with Gasteiger partial charge in [0.25, 0.3) is 0 Å². The number of amides is 1. The highest BCUT2D eigenvalue weighted by Crippen LogP contribution is 2.26. The number of aryl methyl sites for hydroxylation is 1. The van der Waals surface area contributed by atoms with Gasteiger partial charge in [0.1, 0.15) is 12.3 Å². The van der Waals surface area contributed by atoms with Crippen LogP contribution >= 0.6 is 11.6 Å². The fraction of sp³-hybridized carbons (Fsp3) is 0.125. The minimum Gasteiger partial charge on any atom is -0.506 e. The number of nitrogens with one attached hydrogen (secondary N) is 1. The summed E-state index contributed by atoms with van der Waals surface area (Å²) in [5.74, 6) is -0.315. The zero-order chi connectivity index (χ0) is 15.7. The molecule has 0 aliphatic carbocycles. The first-order valence-electron chi connectivity index (χ1n) is 6.73. The minimum absolute atomic E-state index is 0.0630. The normalized spacial score (nSPS) is 10.8. The van der Waals surface area contributed by atoms with Crippen molar-refractivity contribution >= 4 is 34.2 Å². The van der Waals surface area contributed by atoms with Gasteiger partial charge < -0.3 is 15.0 Å². The molecule has 0 fully saturated rings. The smallest absolute Gasteiger partial charge is 0.244 e. The zero-order valence-corrected chi connectivity index (χ0v) is 12.6. The Labute approximate surface area is 132 Å². The number of fused-ring (bicyclic) bond motifs is 1. The van der Waals surface area contributed by atoms with Crippen molar-refractivity contribution in [2.45, 2.75) is 13.5 Å². The van der Waals surface area contributed by atoms with Gasteiger partial charge in [0.05, 0.1) is 23.0 Å². The lowest BCUT2D eigenvalue weighted by atomic mass is 10.2. The van der Waals surface area contributed by atoms with Crippen molar-refractivity contribution in [2.75, 3.05) is 5.32 Å². The molecule has 1 aromatic heterocycles. The number of rotatable bonds is 3. The third kappa shape index (κ3) is 2.89. The van der Waals surface area contributed by atoms with Crippen LogP contribution < -0.4 is 5.32 Å². The Morgan fingerprint density at radius 1 is 1.32 bits per heavy atom. The molecule has 2 aromatic carbocycles. The third-order valence-corrected chi connectivity index (χ3v) is 3.56. The van der Waals surface area contributed by atoms with Gasteiger partial charge in [-0.3, -0.25) is 4.79 Å². The Morgan fingerprint density at radius 2 is 2.14 bits per heavy atom. The molecule has 0 unspecified atom stereocenters. The number of hydrogen-bond donors (Lipinski definition) is 2. The summed E-state index contributed by atoms with van der Waals surface area (Å²) >= 11 is 5.76. The van der Waals surface area contributed by atoms with Crippen LogP contribution in [0, 0.1) is 6.92 Å². The first-order valence-corrected chi connectivity index (χ1v) is 7.10. The van der Waals surface area contributed by atoms with Gasteiger partial charge in [-0.05, 0) is 36.8 Å². The number of imidazole rings is 1. The van der Waals surface area contributed by atoms with Crippen LogP contribution in [0.25, 0.3) is 11.0 Å². The standard InChI is InChI=1S/C16H14ClN3O2/c1-10-2-5-14-13(6-10)18-9-20(14)8-16(22)19-12-4-3-11(17)7-15(12)21/h2-7,9,21H,8H2,1H3,(H,19,22). The zero-order valence-electron chi connectivity index (χ0n) is 11.9. The van der Waals surface area contributed by atoms with E-state index < -0.39 is 0 Å². The number of hydrogen-bond acceptors (Lipinski definition) is 3. The van der Waals surface area contributed by atoms with Crippen LogP contribution in [-0.2, 0) is 11.3 Å². The summed E-state index contributed by atoms with van der Waals surface area (Å²) in [5.41, 5.74) is 3.19. The molecule has 0 radical (unpaired) electrons. The summed E-state index contributed by atoms with van der Waals surface area (Å²) in [5, 5.41) is 12.8. The van der Waals surface area contributed by atoms with Crippen LogP contribution in [0.1, 0.15) is 5.56 Å². The third-order valence-electron chi connectivity index (χ3n) is 3.32. The second-order valence-corrected chi connectivity index (χ2v) is 5.51. The predicted molar refractivity (Wildman–Crippen MR) is 86.2 cm³/mol. The highest BCUT2D eigenvalue weighted by Gasteiger charge is 2.10. The molecule has 6 heteroatoms. The van der Waals surface area contributed by atoms with Crippen molar-refractivity contribution < 1.29 is 9.90 Å². The second kappa shape index (κ2) is 5.69. The Balaban J connectivity index is 1.78. The number of nitrogens with zero attached hydrogens (tertiary/aromatic N) is 2. The van der Waals surface area contributed by atoms with Crippen LogP contribution in [0.2, 0.25) is 5.02 Å². The van der Waals surface area contributed by atoms with Crippen molar-refractivity contribution in [3.05, 3.63) is 53.3 Å². The van der Waals surface area contributed by atoms with E-state index in [2.05, 4.69) is 10.3 Å². The van der Waals surface area contributed by atoms with Gasteiger partial charge in [-0.1, -0.05) is 17.7 Å². The first kappa shape index (κ1) is 14.4. The van der Waals surface area contributed by atoms with E-state index in [0.29, 0.717) is 10.7 Å². The Morgan fingerprint density at radius 3 is 2.91 bits per heavy atom. The number of aromatic hydroxyl groups is 1. The van der Waals surface area contributed by atoms with Gasteiger partial charge in [-0.25, -0.2) is 4.98 Å². The number of anilines is 1. The number of halogens is 1. The fourth-order valence-electron chi connectivity index (χ4n) is 2.25. The average molecular weight is 316 g/mol. The number of benzene rings is 2. The molecular formula is C16H14ClN3O2. The lowest BCUT2D eigenvalue weighted by molar-refractivity contribution is -0.116. The summed E-state index contributed by atoms with van der Waals surface area (Å²) in [7, 11) is 0. The van der Waals surface area contributed by atoms with Crippen LogP contribution in [0.3, 0.4) is 0 Å². The molecule has 0 aliphatic heterocycles. The summed E-state index contributed by atoms with van der Waals surface area (Å²) in [6, 6.07) is 10.4. The lowest BCUT2D eigenvalue weighted by Gasteiger charge is -2.08. The highest BCUT2D eigenvalue weighted by atomic mass is 35.5. The van der Waals surface area contributed by atoms with Crippen molar-refractivity contribution in [1.82, 2.24) is 9.55 Å². The molecule has 3 rings (SSSR count). The van der Waals surface area contributed by atoms with Gasteiger partial charge in [0.15, 0.2) is 0 Å². The molecule has 1 amide bonds. The van der Waals surface area contributed by atoms with Gasteiger partial charge in [0, 0.05) is 11.1 Å². The molecule has 22 heavy (non-hydrogen) atoms. The summed E-state index contributed by atoms with van der Waals surface area (Å²) < 4.78 is 1.76. The van der Waals surface area contributed by atoms with Crippen LogP contribution in [-0.4, -0.2) is 20.6 Å². The SMILES string of the molecule is Cc1ccc2c(c1)ncn2CC(=O)Nc1ccc(Cl)cc1O. The Hall–Kier alpha value is -2.53. The lowest BCUT2D eigenvalue weighted by Crippen LogP contribution is -2.18. The van der Waals surface area contributed by atoms with Crippen molar-refractivity contribution in [3.8, 4) is 5.75 Å². The maximum atomic E-state index is 12.1. The average Bonchev–Trinajstić information content (AvgIpc) is 2.84. The van der Waals surface area contributed by atoms with E-state index in [4.69, 9.17) is 11.6 Å².